The lowest BCUT2D eigenvalue weighted by atomic mass is 10.9. The van der Waals surface area contributed by atoms with Gasteiger partial charge in [-0.3, -0.25) is 5.32 Å². The minimum absolute atomic E-state index is 0.477. The molecule has 0 aromatic heterocycles. The van der Waals surface area contributed by atoms with Gasteiger partial charge in [0, 0.05) is 0 Å². The Morgan fingerprint density at radius 1 is 1.78 bits per heavy atom. The van der Waals surface area contributed by atoms with Gasteiger partial charge in [0.25, 0.3) is 0 Å². The average Bonchev–Trinajstić information content (AvgIpc) is 1.87. The summed E-state index contributed by atoms with van der Waals surface area (Å²) in [6.45, 7) is 3.51. The van der Waals surface area contributed by atoms with Crippen LogP contribution in [0.2, 0.25) is 0 Å². The van der Waals surface area contributed by atoms with Crippen LogP contribution < -0.4 is 5.32 Å². The van der Waals surface area contributed by atoms with E-state index in [1.165, 1.54) is 18.9 Å². The normalized spacial score (nSPS) is 8.22. The average molecular weight is 147 g/mol. The molecule has 3 nitrogen and oxygen atoms in total. The molecular formula is C5H9NO2S. The molecule has 0 fully saturated rings. The number of nitrogens with one attached hydrogen (secondary N) is 1. The predicted octanol–water partition coefficient (Wildman–Crippen LogP) is 1.18. The third-order valence-electron chi connectivity index (χ3n) is 0.673. The van der Waals surface area contributed by atoms with Crippen LogP contribution in [-0.4, -0.2) is 19.5 Å². The highest BCUT2D eigenvalue weighted by Crippen LogP contribution is 2.02. The standard InChI is InChI=1S/C5H9NO2S/c1-4(9-3)6-5(7)8-2/h1H2,2-3H3,(H,6,7). The fourth-order valence-corrected chi connectivity index (χ4v) is 0.401. The first-order valence-electron chi connectivity index (χ1n) is 2.28. The van der Waals surface area contributed by atoms with Gasteiger partial charge in [-0.05, 0) is 6.26 Å². The number of thioether (sulfide) groups is 1. The van der Waals surface area contributed by atoms with Crippen LogP contribution in [0.1, 0.15) is 0 Å². The zero-order chi connectivity index (χ0) is 7.28. The van der Waals surface area contributed by atoms with Crippen molar-refractivity contribution in [2.75, 3.05) is 13.4 Å². The van der Waals surface area contributed by atoms with Crippen LogP contribution in [0.25, 0.3) is 0 Å². The van der Waals surface area contributed by atoms with Crippen LogP contribution in [0.5, 0.6) is 0 Å². The van der Waals surface area contributed by atoms with Crippen molar-refractivity contribution in [1.82, 2.24) is 5.32 Å². The molecule has 0 aromatic carbocycles. The highest BCUT2D eigenvalue weighted by molar-refractivity contribution is 8.02. The molecule has 0 aliphatic rings. The van der Waals surface area contributed by atoms with Crippen molar-refractivity contribution in [2.24, 2.45) is 0 Å². The summed E-state index contributed by atoms with van der Waals surface area (Å²) in [6, 6.07) is 0. The number of hydrogen-bond acceptors (Lipinski definition) is 3. The summed E-state index contributed by atoms with van der Waals surface area (Å²) in [4.78, 5) is 10.4. The van der Waals surface area contributed by atoms with Crippen molar-refractivity contribution in [3.63, 3.8) is 0 Å². The van der Waals surface area contributed by atoms with Gasteiger partial charge in [-0.2, -0.15) is 0 Å². The van der Waals surface area contributed by atoms with Gasteiger partial charge in [-0.25, -0.2) is 4.79 Å². The summed E-state index contributed by atoms with van der Waals surface area (Å²) in [5, 5.41) is 2.97. The molecule has 4 heteroatoms. The van der Waals surface area contributed by atoms with E-state index < -0.39 is 6.09 Å². The molecule has 0 aromatic rings. The van der Waals surface area contributed by atoms with Crippen LogP contribution in [0, 0.1) is 0 Å². The Kier molecular flexibility index (Phi) is 3.96. The zero-order valence-corrected chi connectivity index (χ0v) is 6.25. The van der Waals surface area contributed by atoms with Crippen LogP contribution in [0.15, 0.2) is 11.6 Å². The van der Waals surface area contributed by atoms with Gasteiger partial charge in [0.2, 0.25) is 0 Å². The largest absolute Gasteiger partial charge is 0.453 e. The zero-order valence-electron chi connectivity index (χ0n) is 5.43. The van der Waals surface area contributed by atoms with Crippen molar-refractivity contribution in [1.29, 1.82) is 0 Å². The summed E-state index contributed by atoms with van der Waals surface area (Å²) in [6.07, 6.45) is 1.34. The molecule has 1 N–H and O–H groups in total. The second kappa shape index (κ2) is 4.26. The monoisotopic (exact) mass is 147 g/mol. The number of alkyl carbamates (subject to hydrolysis) is 1. The topological polar surface area (TPSA) is 38.3 Å². The molecule has 0 spiro atoms. The van der Waals surface area contributed by atoms with E-state index in [9.17, 15) is 4.79 Å². The van der Waals surface area contributed by atoms with Crippen molar-refractivity contribution >= 4 is 17.9 Å². The first kappa shape index (κ1) is 8.36. The van der Waals surface area contributed by atoms with Crippen LogP contribution in [0.3, 0.4) is 0 Å². The molecule has 0 rings (SSSR count). The van der Waals surface area contributed by atoms with E-state index in [1.54, 1.807) is 0 Å². The first-order chi connectivity index (χ1) is 4.20. The molecule has 52 valence electrons. The molecule has 0 aliphatic heterocycles. The summed E-state index contributed by atoms with van der Waals surface area (Å²) >= 11 is 1.36. The third-order valence-corrected chi connectivity index (χ3v) is 1.27. The Morgan fingerprint density at radius 2 is 2.33 bits per heavy atom. The SMILES string of the molecule is C=C(NC(=O)OC)SC. The van der Waals surface area contributed by atoms with Gasteiger partial charge in [0.1, 0.15) is 0 Å². The molecule has 0 aliphatic carbocycles. The Morgan fingerprint density at radius 3 is 2.67 bits per heavy atom. The van der Waals surface area contributed by atoms with Crippen LogP contribution in [0.4, 0.5) is 4.79 Å². The number of ether oxygens (including phenoxy) is 1. The molecule has 0 atom stereocenters. The summed E-state index contributed by atoms with van der Waals surface area (Å²) < 4.78 is 4.30. The second-order valence-corrected chi connectivity index (χ2v) is 2.14. The maximum absolute atomic E-state index is 10.4. The highest BCUT2D eigenvalue weighted by atomic mass is 32.2. The molecule has 0 unspecified atom stereocenters. The van der Waals surface area contributed by atoms with Gasteiger partial charge in [-0.1, -0.05) is 6.58 Å². The molecule has 0 radical (unpaired) electrons. The number of amides is 1. The van der Waals surface area contributed by atoms with Crippen LogP contribution in [-0.2, 0) is 4.74 Å². The van der Waals surface area contributed by atoms with E-state index in [0.717, 1.165) is 0 Å². The first-order valence-corrected chi connectivity index (χ1v) is 3.51. The molecule has 9 heavy (non-hydrogen) atoms. The fourth-order valence-electron chi connectivity index (χ4n) is 0.216. The minimum atomic E-state index is -0.477. The van der Waals surface area contributed by atoms with E-state index in [2.05, 4.69) is 16.6 Å². The number of carbonyl (C=O) groups excluding carboxylic acids is 1. The lowest BCUT2D eigenvalue weighted by molar-refractivity contribution is 0.175. The fraction of sp³-hybridized carbons (Fsp3) is 0.400. The predicted molar refractivity (Wildman–Crippen MR) is 38.2 cm³/mol. The van der Waals surface area contributed by atoms with E-state index in [4.69, 9.17) is 0 Å². The van der Waals surface area contributed by atoms with Crippen molar-refractivity contribution in [3.05, 3.63) is 11.6 Å². The molecule has 0 saturated heterocycles. The molecule has 0 heterocycles. The van der Waals surface area contributed by atoms with E-state index >= 15 is 0 Å². The Hall–Kier alpha value is -0.640. The van der Waals surface area contributed by atoms with Gasteiger partial charge in [-0.15, -0.1) is 11.8 Å². The molecular weight excluding hydrogens is 138 g/mol. The highest BCUT2D eigenvalue weighted by Gasteiger charge is 1.97. The lowest BCUT2D eigenvalue weighted by Gasteiger charge is -2.01. The van der Waals surface area contributed by atoms with E-state index in [1.807, 2.05) is 6.26 Å². The third kappa shape index (κ3) is 3.90. The maximum atomic E-state index is 10.4. The van der Waals surface area contributed by atoms with E-state index in [0.29, 0.717) is 5.03 Å². The number of hydrogen-bond donors (Lipinski definition) is 1. The van der Waals surface area contributed by atoms with Crippen LogP contribution >= 0.6 is 11.8 Å². The number of carbonyl (C=O) groups is 1. The Balaban J connectivity index is 3.47. The maximum Gasteiger partial charge on any atom is 0.411 e. The summed E-state index contributed by atoms with van der Waals surface area (Å²) in [7, 11) is 1.31. The van der Waals surface area contributed by atoms with Gasteiger partial charge in [0.15, 0.2) is 0 Å². The number of rotatable bonds is 2. The second-order valence-electron chi connectivity index (χ2n) is 1.24. The summed E-state index contributed by atoms with van der Waals surface area (Å²) in [5.41, 5.74) is 0. The van der Waals surface area contributed by atoms with E-state index in [-0.39, 0.29) is 0 Å². The Labute approximate surface area is 58.5 Å². The summed E-state index contributed by atoms with van der Waals surface area (Å²) in [5.74, 6) is 0. The molecule has 0 saturated carbocycles. The smallest absolute Gasteiger partial charge is 0.411 e. The Bertz CT molecular complexity index is 110. The quantitative estimate of drug-likeness (QED) is 0.637. The minimum Gasteiger partial charge on any atom is -0.453 e. The van der Waals surface area contributed by atoms with Gasteiger partial charge >= 0.3 is 6.09 Å². The van der Waals surface area contributed by atoms with Crippen molar-refractivity contribution < 1.29 is 9.53 Å². The molecule has 1 amide bonds. The number of methoxy groups -OCH3 is 1. The lowest BCUT2D eigenvalue weighted by Crippen LogP contribution is -2.19. The van der Waals surface area contributed by atoms with Gasteiger partial charge < -0.3 is 4.74 Å². The van der Waals surface area contributed by atoms with Crippen molar-refractivity contribution in [3.8, 4) is 0 Å². The van der Waals surface area contributed by atoms with Gasteiger partial charge in [0.05, 0.1) is 12.1 Å². The molecule has 0 bridgehead atoms. The van der Waals surface area contributed by atoms with Crippen molar-refractivity contribution in [2.45, 2.75) is 0 Å².